The van der Waals surface area contributed by atoms with Crippen LogP contribution in [0.25, 0.3) is 0 Å². The SMILES string of the molecule is O=C(Nc1ccc(N2CCCC2)cc1)Nc1cccc(C(F)(F)F)c1. The maximum atomic E-state index is 12.7. The van der Waals surface area contributed by atoms with Gasteiger partial charge in [-0.1, -0.05) is 6.07 Å². The van der Waals surface area contributed by atoms with Crippen molar-refractivity contribution in [3.05, 3.63) is 54.1 Å². The second-order valence-electron chi connectivity index (χ2n) is 5.90. The lowest BCUT2D eigenvalue weighted by molar-refractivity contribution is -0.137. The van der Waals surface area contributed by atoms with Gasteiger partial charge < -0.3 is 15.5 Å². The summed E-state index contributed by atoms with van der Waals surface area (Å²) >= 11 is 0. The smallest absolute Gasteiger partial charge is 0.372 e. The normalized spacial score (nSPS) is 14.4. The highest BCUT2D eigenvalue weighted by Crippen LogP contribution is 2.30. The van der Waals surface area contributed by atoms with Crippen LogP contribution in [-0.2, 0) is 6.18 Å². The first-order valence-electron chi connectivity index (χ1n) is 8.02. The molecule has 2 amide bonds. The molecule has 1 aliphatic heterocycles. The molecule has 2 aromatic rings. The van der Waals surface area contributed by atoms with Gasteiger partial charge in [-0.25, -0.2) is 4.79 Å². The third-order valence-electron chi connectivity index (χ3n) is 4.04. The summed E-state index contributed by atoms with van der Waals surface area (Å²) in [7, 11) is 0. The number of hydrogen-bond acceptors (Lipinski definition) is 2. The van der Waals surface area contributed by atoms with Crippen molar-refractivity contribution >= 4 is 23.1 Å². The van der Waals surface area contributed by atoms with Crippen LogP contribution in [0.3, 0.4) is 0 Å². The number of anilines is 3. The fraction of sp³-hybridized carbons (Fsp3) is 0.278. The first-order valence-corrected chi connectivity index (χ1v) is 8.02. The van der Waals surface area contributed by atoms with Gasteiger partial charge in [-0.15, -0.1) is 0 Å². The summed E-state index contributed by atoms with van der Waals surface area (Å²) in [5, 5.41) is 5.03. The van der Waals surface area contributed by atoms with Gasteiger partial charge in [-0.2, -0.15) is 13.2 Å². The van der Waals surface area contributed by atoms with Gasteiger partial charge in [0, 0.05) is 30.2 Å². The Morgan fingerprint density at radius 1 is 0.920 bits per heavy atom. The fourth-order valence-electron chi connectivity index (χ4n) is 2.80. The van der Waals surface area contributed by atoms with E-state index in [4.69, 9.17) is 0 Å². The lowest BCUT2D eigenvalue weighted by Gasteiger charge is -2.18. The van der Waals surface area contributed by atoms with E-state index in [1.165, 1.54) is 25.0 Å². The van der Waals surface area contributed by atoms with Crippen molar-refractivity contribution in [3.8, 4) is 0 Å². The number of nitrogens with one attached hydrogen (secondary N) is 2. The molecule has 0 aromatic heterocycles. The van der Waals surface area contributed by atoms with E-state index in [2.05, 4.69) is 15.5 Å². The van der Waals surface area contributed by atoms with Crippen LogP contribution in [0.15, 0.2) is 48.5 Å². The minimum atomic E-state index is -4.44. The number of alkyl halides is 3. The van der Waals surface area contributed by atoms with E-state index in [9.17, 15) is 18.0 Å². The Labute approximate surface area is 143 Å². The largest absolute Gasteiger partial charge is 0.416 e. The number of carbonyl (C=O) groups is 1. The maximum absolute atomic E-state index is 12.7. The number of nitrogens with zero attached hydrogens (tertiary/aromatic N) is 1. The summed E-state index contributed by atoms with van der Waals surface area (Å²) in [4.78, 5) is 14.2. The van der Waals surface area contributed by atoms with Gasteiger partial charge in [0.25, 0.3) is 0 Å². The molecule has 2 N–H and O–H groups in total. The van der Waals surface area contributed by atoms with E-state index in [-0.39, 0.29) is 5.69 Å². The van der Waals surface area contributed by atoms with Crippen molar-refractivity contribution in [2.24, 2.45) is 0 Å². The number of rotatable bonds is 3. The molecule has 1 fully saturated rings. The zero-order chi connectivity index (χ0) is 17.9. The van der Waals surface area contributed by atoms with E-state index in [0.717, 1.165) is 30.9 Å². The van der Waals surface area contributed by atoms with Crippen molar-refractivity contribution in [2.45, 2.75) is 19.0 Å². The molecular formula is C18H18F3N3O. The number of halogens is 3. The third kappa shape index (κ3) is 4.43. The third-order valence-corrected chi connectivity index (χ3v) is 4.04. The van der Waals surface area contributed by atoms with Crippen molar-refractivity contribution in [3.63, 3.8) is 0 Å². The number of urea groups is 1. The predicted octanol–water partition coefficient (Wildman–Crippen LogP) is 4.95. The molecule has 4 nitrogen and oxygen atoms in total. The van der Waals surface area contributed by atoms with Crippen LogP contribution in [-0.4, -0.2) is 19.1 Å². The van der Waals surface area contributed by atoms with Crippen LogP contribution >= 0.6 is 0 Å². The maximum Gasteiger partial charge on any atom is 0.416 e. The zero-order valence-electron chi connectivity index (χ0n) is 13.4. The summed E-state index contributed by atoms with van der Waals surface area (Å²) < 4.78 is 38.1. The topological polar surface area (TPSA) is 44.4 Å². The molecule has 1 heterocycles. The molecule has 7 heteroatoms. The fourth-order valence-corrected chi connectivity index (χ4v) is 2.80. The molecule has 1 aliphatic rings. The molecule has 2 aromatic carbocycles. The Morgan fingerprint density at radius 3 is 2.20 bits per heavy atom. The van der Waals surface area contributed by atoms with Gasteiger partial charge in [0.1, 0.15) is 0 Å². The Bertz CT molecular complexity index is 738. The quantitative estimate of drug-likeness (QED) is 0.823. The molecule has 3 rings (SSSR count). The minimum Gasteiger partial charge on any atom is -0.372 e. The number of carbonyl (C=O) groups excluding carboxylic acids is 1. The summed E-state index contributed by atoms with van der Waals surface area (Å²) in [6.45, 7) is 2.06. The van der Waals surface area contributed by atoms with Crippen LogP contribution in [0.5, 0.6) is 0 Å². The minimum absolute atomic E-state index is 0.0843. The average molecular weight is 349 g/mol. The second kappa shape index (κ2) is 7.04. The van der Waals surface area contributed by atoms with Gasteiger partial charge >= 0.3 is 12.2 Å². The highest BCUT2D eigenvalue weighted by Gasteiger charge is 2.30. The number of hydrogen-bond donors (Lipinski definition) is 2. The Kier molecular flexibility index (Phi) is 4.83. The molecule has 132 valence electrons. The predicted molar refractivity (Wildman–Crippen MR) is 92.0 cm³/mol. The van der Waals surface area contributed by atoms with Crippen molar-refractivity contribution in [2.75, 3.05) is 28.6 Å². The van der Waals surface area contributed by atoms with Gasteiger partial charge in [-0.3, -0.25) is 0 Å². The van der Waals surface area contributed by atoms with E-state index in [1.807, 2.05) is 12.1 Å². The van der Waals surface area contributed by atoms with Gasteiger partial charge in [-0.05, 0) is 55.3 Å². The van der Waals surface area contributed by atoms with Crippen LogP contribution in [0.4, 0.5) is 35.0 Å². The highest BCUT2D eigenvalue weighted by atomic mass is 19.4. The first kappa shape index (κ1) is 17.1. The highest BCUT2D eigenvalue weighted by molar-refractivity contribution is 5.99. The average Bonchev–Trinajstić information content (AvgIpc) is 3.09. The van der Waals surface area contributed by atoms with Crippen LogP contribution < -0.4 is 15.5 Å². The number of benzene rings is 2. The molecule has 0 bridgehead atoms. The van der Waals surface area contributed by atoms with Crippen LogP contribution in [0.2, 0.25) is 0 Å². The standard InChI is InChI=1S/C18H18F3N3O/c19-18(20,21)13-4-3-5-15(12-13)23-17(25)22-14-6-8-16(9-7-14)24-10-1-2-11-24/h3-9,12H,1-2,10-11H2,(H2,22,23,25). The molecule has 0 saturated carbocycles. The number of amides is 2. The summed E-state index contributed by atoms with van der Waals surface area (Å²) in [6, 6.07) is 11.3. The first-order chi connectivity index (χ1) is 11.9. The van der Waals surface area contributed by atoms with Crippen molar-refractivity contribution < 1.29 is 18.0 Å². The molecule has 0 spiro atoms. The lowest BCUT2D eigenvalue weighted by atomic mass is 10.2. The second-order valence-corrected chi connectivity index (χ2v) is 5.90. The van der Waals surface area contributed by atoms with E-state index >= 15 is 0 Å². The summed E-state index contributed by atoms with van der Waals surface area (Å²) in [5.41, 5.74) is 0.954. The monoisotopic (exact) mass is 349 g/mol. The van der Waals surface area contributed by atoms with E-state index in [1.54, 1.807) is 12.1 Å². The van der Waals surface area contributed by atoms with E-state index in [0.29, 0.717) is 5.69 Å². The van der Waals surface area contributed by atoms with Crippen molar-refractivity contribution in [1.29, 1.82) is 0 Å². The summed E-state index contributed by atoms with van der Waals surface area (Å²) in [5.74, 6) is 0. The molecule has 0 aliphatic carbocycles. The lowest BCUT2D eigenvalue weighted by Crippen LogP contribution is -2.20. The van der Waals surface area contributed by atoms with Gasteiger partial charge in [0.15, 0.2) is 0 Å². The molecule has 0 atom stereocenters. The Morgan fingerprint density at radius 2 is 1.56 bits per heavy atom. The van der Waals surface area contributed by atoms with E-state index < -0.39 is 17.8 Å². The van der Waals surface area contributed by atoms with Gasteiger partial charge in [0.2, 0.25) is 0 Å². The Hall–Kier alpha value is -2.70. The molecule has 0 unspecified atom stereocenters. The van der Waals surface area contributed by atoms with Crippen LogP contribution in [0, 0.1) is 0 Å². The van der Waals surface area contributed by atoms with Crippen LogP contribution in [0.1, 0.15) is 18.4 Å². The van der Waals surface area contributed by atoms with Gasteiger partial charge in [0.05, 0.1) is 5.56 Å². The molecule has 0 radical (unpaired) electrons. The van der Waals surface area contributed by atoms with Crippen molar-refractivity contribution in [1.82, 2.24) is 0 Å². The molecular weight excluding hydrogens is 331 g/mol. The zero-order valence-corrected chi connectivity index (χ0v) is 13.4. The Balaban J connectivity index is 1.61. The summed E-state index contributed by atoms with van der Waals surface area (Å²) in [6.07, 6.45) is -2.08. The molecule has 1 saturated heterocycles. The molecule has 25 heavy (non-hydrogen) atoms.